The number of hydrogen-bond donors (Lipinski definition) is 2. The van der Waals surface area contributed by atoms with Crippen molar-refractivity contribution in [2.75, 3.05) is 13.1 Å². The molecule has 0 bridgehead atoms. The van der Waals surface area contributed by atoms with Crippen LogP contribution in [-0.4, -0.2) is 24.9 Å². The molecule has 0 aliphatic heterocycles. The summed E-state index contributed by atoms with van der Waals surface area (Å²) in [6.45, 7) is 4.64. The zero-order valence-electron chi connectivity index (χ0n) is 10.2. The number of aryl methyl sites for hydroxylation is 1. The Labute approximate surface area is 101 Å². The highest BCUT2D eigenvalue weighted by molar-refractivity contribution is 5.94. The van der Waals surface area contributed by atoms with Crippen LogP contribution >= 0.6 is 0 Å². The lowest BCUT2D eigenvalue weighted by Crippen LogP contribution is -2.34. The minimum atomic E-state index is -0.112. The molecule has 0 spiro atoms. The summed E-state index contributed by atoms with van der Waals surface area (Å²) >= 11 is 0. The van der Waals surface area contributed by atoms with Crippen molar-refractivity contribution < 1.29 is 9.59 Å². The number of nitrogens with one attached hydrogen (secondary N) is 2. The molecular formula is C13H18N2O2. The topological polar surface area (TPSA) is 58.2 Å². The van der Waals surface area contributed by atoms with Gasteiger partial charge >= 0.3 is 0 Å². The molecule has 0 saturated heterocycles. The summed E-state index contributed by atoms with van der Waals surface area (Å²) in [5.74, 6) is -0.116. The van der Waals surface area contributed by atoms with Crippen LogP contribution < -0.4 is 10.6 Å². The number of hydrogen-bond acceptors (Lipinski definition) is 2. The Bertz CT molecular complexity index is 402. The van der Waals surface area contributed by atoms with Gasteiger partial charge in [0.2, 0.25) is 5.91 Å². The first-order chi connectivity index (χ1) is 8.13. The number of benzene rings is 1. The molecular weight excluding hydrogens is 216 g/mol. The van der Waals surface area contributed by atoms with E-state index in [0.717, 1.165) is 5.56 Å². The second-order valence-corrected chi connectivity index (χ2v) is 3.83. The quantitative estimate of drug-likeness (QED) is 0.753. The number of carbonyl (C=O) groups is 2. The first-order valence-electron chi connectivity index (χ1n) is 5.75. The van der Waals surface area contributed by atoms with Crippen LogP contribution in [0.4, 0.5) is 0 Å². The number of amides is 2. The molecule has 0 aliphatic rings. The summed E-state index contributed by atoms with van der Waals surface area (Å²) in [6, 6.07) is 7.40. The van der Waals surface area contributed by atoms with Crippen LogP contribution in [0.1, 0.15) is 29.3 Å². The van der Waals surface area contributed by atoms with Gasteiger partial charge in [0.25, 0.3) is 5.91 Å². The Balaban J connectivity index is 2.33. The predicted octanol–water partition coefficient (Wildman–Crippen LogP) is 1.25. The van der Waals surface area contributed by atoms with Crippen molar-refractivity contribution in [1.82, 2.24) is 10.6 Å². The van der Waals surface area contributed by atoms with Gasteiger partial charge < -0.3 is 10.6 Å². The molecule has 92 valence electrons. The van der Waals surface area contributed by atoms with Gasteiger partial charge in [-0.3, -0.25) is 9.59 Å². The molecule has 0 radical (unpaired) electrons. The highest BCUT2D eigenvalue weighted by atomic mass is 16.2. The highest BCUT2D eigenvalue weighted by Gasteiger charge is 2.04. The first kappa shape index (κ1) is 13.2. The van der Waals surface area contributed by atoms with E-state index in [1.165, 1.54) is 0 Å². The summed E-state index contributed by atoms with van der Waals surface area (Å²) in [6.07, 6.45) is 0.464. The van der Waals surface area contributed by atoms with Gasteiger partial charge in [-0.2, -0.15) is 0 Å². The monoisotopic (exact) mass is 234 g/mol. The lowest BCUT2D eigenvalue weighted by Gasteiger charge is -2.06. The van der Waals surface area contributed by atoms with Crippen molar-refractivity contribution in [3.8, 4) is 0 Å². The largest absolute Gasteiger partial charge is 0.354 e. The zero-order chi connectivity index (χ0) is 12.7. The SMILES string of the molecule is CCC(=O)NCCNC(=O)c1cccc(C)c1. The van der Waals surface area contributed by atoms with Gasteiger partial charge in [0.1, 0.15) is 0 Å². The summed E-state index contributed by atoms with van der Waals surface area (Å²) < 4.78 is 0. The standard InChI is InChI=1S/C13H18N2O2/c1-3-12(16)14-7-8-15-13(17)11-6-4-5-10(2)9-11/h4-6,9H,3,7-8H2,1-2H3,(H,14,16)(H,15,17). The molecule has 0 aromatic heterocycles. The summed E-state index contributed by atoms with van der Waals surface area (Å²) in [5.41, 5.74) is 1.70. The van der Waals surface area contributed by atoms with Gasteiger partial charge in [0, 0.05) is 25.1 Å². The molecule has 2 N–H and O–H groups in total. The summed E-state index contributed by atoms with van der Waals surface area (Å²) in [7, 11) is 0. The smallest absolute Gasteiger partial charge is 0.251 e. The van der Waals surface area contributed by atoms with Crippen LogP contribution in [0.3, 0.4) is 0 Å². The fraction of sp³-hybridized carbons (Fsp3) is 0.385. The van der Waals surface area contributed by atoms with Crippen LogP contribution in [0.15, 0.2) is 24.3 Å². The maximum atomic E-state index is 11.7. The molecule has 0 atom stereocenters. The van der Waals surface area contributed by atoms with E-state index in [4.69, 9.17) is 0 Å². The molecule has 1 aromatic rings. The summed E-state index contributed by atoms with van der Waals surface area (Å²) in [4.78, 5) is 22.6. The third-order valence-corrected chi connectivity index (χ3v) is 2.33. The second kappa shape index (κ2) is 6.68. The van der Waals surface area contributed by atoms with Crippen molar-refractivity contribution in [1.29, 1.82) is 0 Å². The molecule has 1 rings (SSSR count). The first-order valence-corrected chi connectivity index (χ1v) is 5.75. The molecule has 2 amide bonds. The average Bonchev–Trinajstić information content (AvgIpc) is 2.34. The van der Waals surface area contributed by atoms with Crippen molar-refractivity contribution in [2.45, 2.75) is 20.3 Å². The highest BCUT2D eigenvalue weighted by Crippen LogP contribution is 2.03. The maximum absolute atomic E-state index is 11.7. The zero-order valence-corrected chi connectivity index (χ0v) is 10.2. The Morgan fingerprint density at radius 1 is 1.18 bits per heavy atom. The van der Waals surface area contributed by atoms with Crippen LogP contribution in [0.5, 0.6) is 0 Å². The van der Waals surface area contributed by atoms with E-state index in [9.17, 15) is 9.59 Å². The van der Waals surface area contributed by atoms with Gasteiger partial charge in [-0.1, -0.05) is 24.6 Å². The molecule has 0 aliphatic carbocycles. The van der Waals surface area contributed by atoms with E-state index >= 15 is 0 Å². The van der Waals surface area contributed by atoms with Crippen LogP contribution in [0.25, 0.3) is 0 Å². The van der Waals surface area contributed by atoms with Crippen LogP contribution in [0, 0.1) is 6.92 Å². The van der Waals surface area contributed by atoms with E-state index in [1.54, 1.807) is 13.0 Å². The molecule has 0 saturated carbocycles. The minimum absolute atomic E-state index is 0.00481. The van der Waals surface area contributed by atoms with Gasteiger partial charge in [0.15, 0.2) is 0 Å². The van der Waals surface area contributed by atoms with Crippen molar-refractivity contribution in [2.24, 2.45) is 0 Å². The fourth-order valence-electron chi connectivity index (χ4n) is 1.39. The Morgan fingerprint density at radius 3 is 2.53 bits per heavy atom. The van der Waals surface area contributed by atoms with E-state index in [-0.39, 0.29) is 11.8 Å². The molecule has 4 nitrogen and oxygen atoms in total. The minimum Gasteiger partial charge on any atom is -0.354 e. The molecule has 0 heterocycles. The van der Waals surface area contributed by atoms with Crippen molar-refractivity contribution in [3.63, 3.8) is 0 Å². The number of rotatable bonds is 5. The Morgan fingerprint density at radius 2 is 1.88 bits per heavy atom. The third kappa shape index (κ3) is 4.68. The maximum Gasteiger partial charge on any atom is 0.251 e. The van der Waals surface area contributed by atoms with E-state index < -0.39 is 0 Å². The fourth-order valence-corrected chi connectivity index (χ4v) is 1.39. The van der Waals surface area contributed by atoms with Crippen LogP contribution in [-0.2, 0) is 4.79 Å². The molecule has 1 aromatic carbocycles. The molecule has 17 heavy (non-hydrogen) atoms. The number of carbonyl (C=O) groups excluding carboxylic acids is 2. The van der Waals surface area contributed by atoms with Gasteiger partial charge in [-0.25, -0.2) is 0 Å². The predicted molar refractivity (Wildman–Crippen MR) is 66.8 cm³/mol. The molecule has 0 unspecified atom stereocenters. The van der Waals surface area contributed by atoms with E-state index in [1.807, 2.05) is 25.1 Å². The van der Waals surface area contributed by atoms with Gasteiger partial charge in [-0.15, -0.1) is 0 Å². The normalized spacial score (nSPS) is 9.76. The van der Waals surface area contributed by atoms with Gasteiger partial charge in [0.05, 0.1) is 0 Å². The van der Waals surface area contributed by atoms with Crippen LogP contribution in [0.2, 0.25) is 0 Å². The third-order valence-electron chi connectivity index (χ3n) is 2.33. The Hall–Kier alpha value is -1.84. The van der Waals surface area contributed by atoms with E-state index in [0.29, 0.717) is 25.1 Å². The molecule has 0 fully saturated rings. The lowest BCUT2D eigenvalue weighted by atomic mass is 10.1. The Kier molecular flexibility index (Phi) is 5.20. The van der Waals surface area contributed by atoms with Crippen molar-refractivity contribution >= 4 is 11.8 Å². The second-order valence-electron chi connectivity index (χ2n) is 3.83. The van der Waals surface area contributed by atoms with Gasteiger partial charge in [-0.05, 0) is 19.1 Å². The van der Waals surface area contributed by atoms with Crippen molar-refractivity contribution in [3.05, 3.63) is 35.4 Å². The lowest BCUT2D eigenvalue weighted by molar-refractivity contribution is -0.120. The summed E-state index contributed by atoms with van der Waals surface area (Å²) in [5, 5.41) is 5.45. The van der Waals surface area contributed by atoms with E-state index in [2.05, 4.69) is 10.6 Å². The average molecular weight is 234 g/mol. The molecule has 4 heteroatoms.